The molecule has 0 radical (unpaired) electrons. The van der Waals surface area contributed by atoms with Crippen LogP contribution in [0.4, 0.5) is 0 Å². The molecule has 1 aromatic carbocycles. The number of phenols is 1. The Kier molecular flexibility index (Phi) is 5.40. The number of carbonyl (C=O) groups excluding carboxylic acids is 1. The van der Waals surface area contributed by atoms with Gasteiger partial charge in [0.05, 0.1) is 11.7 Å². The summed E-state index contributed by atoms with van der Waals surface area (Å²) in [5, 5.41) is 20.0. The smallest absolute Gasteiger partial charge is 0.166 e. The summed E-state index contributed by atoms with van der Waals surface area (Å²) in [5.41, 5.74) is 2.59. The zero-order valence-corrected chi connectivity index (χ0v) is 13.1. The van der Waals surface area contributed by atoms with E-state index in [0.717, 1.165) is 49.7 Å². The van der Waals surface area contributed by atoms with Crippen molar-refractivity contribution >= 4 is 5.78 Å². The van der Waals surface area contributed by atoms with Crippen LogP contribution in [0.25, 0.3) is 0 Å². The van der Waals surface area contributed by atoms with Crippen LogP contribution in [-0.4, -0.2) is 22.1 Å². The van der Waals surface area contributed by atoms with Gasteiger partial charge in [-0.3, -0.25) is 4.79 Å². The van der Waals surface area contributed by atoms with Crippen molar-refractivity contribution in [2.75, 3.05) is 0 Å². The number of fused-ring (bicyclic) bond motifs is 1. The molecule has 3 nitrogen and oxygen atoms in total. The second kappa shape index (κ2) is 7.08. The van der Waals surface area contributed by atoms with Crippen molar-refractivity contribution < 1.29 is 15.0 Å². The summed E-state index contributed by atoms with van der Waals surface area (Å²) in [6.07, 6.45) is 5.50. The summed E-state index contributed by atoms with van der Waals surface area (Å²) in [6.45, 7) is 4.20. The number of hydrogen-bond acceptors (Lipinski definition) is 3. The lowest BCUT2D eigenvalue weighted by Crippen LogP contribution is -2.14. The molecule has 1 aliphatic rings. The van der Waals surface area contributed by atoms with Crippen molar-refractivity contribution in [3.05, 3.63) is 28.8 Å². The third kappa shape index (κ3) is 4.07. The summed E-state index contributed by atoms with van der Waals surface area (Å²) in [7, 11) is 0. The molecule has 0 amide bonds. The normalized spacial score (nSPS) is 17.4. The first-order valence-electron chi connectivity index (χ1n) is 8.07. The molecule has 1 aromatic rings. The van der Waals surface area contributed by atoms with Crippen molar-refractivity contribution in [3.8, 4) is 5.75 Å². The highest BCUT2D eigenvalue weighted by molar-refractivity contribution is 6.01. The fourth-order valence-corrected chi connectivity index (χ4v) is 3.35. The second-order valence-electron chi connectivity index (χ2n) is 6.41. The molecule has 0 aliphatic heterocycles. The number of aliphatic hydroxyl groups excluding tert-OH is 1. The molecule has 3 heteroatoms. The molecule has 2 atom stereocenters. The van der Waals surface area contributed by atoms with E-state index in [4.69, 9.17) is 0 Å². The van der Waals surface area contributed by atoms with Gasteiger partial charge in [-0.15, -0.1) is 0 Å². The van der Waals surface area contributed by atoms with Gasteiger partial charge in [0.2, 0.25) is 0 Å². The van der Waals surface area contributed by atoms with Gasteiger partial charge in [-0.2, -0.15) is 0 Å². The Morgan fingerprint density at radius 2 is 2.05 bits per heavy atom. The average Bonchev–Trinajstić information content (AvgIpc) is 2.38. The number of aliphatic hydroxyl groups is 1. The third-order valence-corrected chi connectivity index (χ3v) is 4.27. The van der Waals surface area contributed by atoms with Gasteiger partial charge < -0.3 is 10.2 Å². The van der Waals surface area contributed by atoms with Gasteiger partial charge in [0.1, 0.15) is 5.75 Å². The SMILES string of the molecule is CCCC(O)CC(C)Cc1cc(O)c2c(c1)CCCC2=O. The van der Waals surface area contributed by atoms with Crippen LogP contribution in [0.15, 0.2) is 12.1 Å². The van der Waals surface area contributed by atoms with E-state index in [2.05, 4.69) is 19.9 Å². The molecular formula is C18H26O3. The first kappa shape index (κ1) is 16.0. The monoisotopic (exact) mass is 290 g/mol. The van der Waals surface area contributed by atoms with Crippen molar-refractivity contribution in [1.29, 1.82) is 0 Å². The zero-order valence-electron chi connectivity index (χ0n) is 13.1. The molecule has 0 saturated heterocycles. The van der Waals surface area contributed by atoms with Gasteiger partial charge in [0.15, 0.2) is 5.78 Å². The third-order valence-electron chi connectivity index (χ3n) is 4.27. The fraction of sp³-hybridized carbons (Fsp3) is 0.611. The molecule has 0 spiro atoms. The van der Waals surface area contributed by atoms with Crippen LogP contribution in [0.2, 0.25) is 0 Å². The number of phenolic OH excluding ortho intramolecular Hbond substituents is 1. The van der Waals surface area contributed by atoms with Gasteiger partial charge in [-0.25, -0.2) is 0 Å². The van der Waals surface area contributed by atoms with E-state index in [0.29, 0.717) is 17.9 Å². The highest BCUT2D eigenvalue weighted by Crippen LogP contribution is 2.31. The Morgan fingerprint density at radius 1 is 1.29 bits per heavy atom. The molecule has 116 valence electrons. The van der Waals surface area contributed by atoms with Crippen LogP contribution in [0, 0.1) is 5.92 Å². The largest absolute Gasteiger partial charge is 0.507 e. The molecule has 2 N–H and O–H groups in total. The maximum Gasteiger partial charge on any atom is 0.166 e. The highest BCUT2D eigenvalue weighted by Gasteiger charge is 2.22. The Hall–Kier alpha value is -1.35. The number of aromatic hydroxyl groups is 1. The molecule has 0 aromatic heterocycles. The number of rotatable bonds is 6. The average molecular weight is 290 g/mol. The molecule has 0 bridgehead atoms. The predicted molar refractivity (Wildman–Crippen MR) is 83.8 cm³/mol. The Balaban J connectivity index is 2.08. The predicted octanol–water partition coefficient (Wildman–Crippen LogP) is 3.64. The van der Waals surface area contributed by atoms with Crippen molar-refractivity contribution in [2.45, 2.75) is 64.9 Å². The van der Waals surface area contributed by atoms with Gasteiger partial charge >= 0.3 is 0 Å². The van der Waals surface area contributed by atoms with E-state index < -0.39 is 0 Å². The van der Waals surface area contributed by atoms with E-state index in [9.17, 15) is 15.0 Å². The maximum atomic E-state index is 11.9. The van der Waals surface area contributed by atoms with Gasteiger partial charge in [-0.05, 0) is 55.2 Å². The number of Topliss-reactive ketones (excluding diaryl/α,β-unsaturated/α-hetero) is 1. The lowest BCUT2D eigenvalue weighted by molar-refractivity contribution is 0.0969. The second-order valence-corrected chi connectivity index (χ2v) is 6.41. The topological polar surface area (TPSA) is 57.5 Å². The summed E-state index contributed by atoms with van der Waals surface area (Å²) in [4.78, 5) is 11.9. The molecule has 0 heterocycles. The van der Waals surface area contributed by atoms with E-state index in [-0.39, 0.29) is 17.6 Å². The van der Waals surface area contributed by atoms with Crippen molar-refractivity contribution in [3.63, 3.8) is 0 Å². The van der Waals surface area contributed by atoms with Crippen LogP contribution in [0.5, 0.6) is 5.75 Å². The minimum Gasteiger partial charge on any atom is -0.507 e. The minimum atomic E-state index is -0.238. The van der Waals surface area contributed by atoms with Crippen LogP contribution < -0.4 is 0 Å². The van der Waals surface area contributed by atoms with Crippen molar-refractivity contribution in [1.82, 2.24) is 0 Å². The van der Waals surface area contributed by atoms with Gasteiger partial charge in [0.25, 0.3) is 0 Å². The number of carbonyl (C=O) groups is 1. The molecular weight excluding hydrogens is 264 g/mol. The lowest BCUT2D eigenvalue weighted by Gasteiger charge is -2.20. The van der Waals surface area contributed by atoms with E-state index in [1.165, 1.54) is 0 Å². The lowest BCUT2D eigenvalue weighted by atomic mass is 9.86. The zero-order chi connectivity index (χ0) is 15.4. The molecule has 2 rings (SSSR count). The highest BCUT2D eigenvalue weighted by atomic mass is 16.3. The number of ketones is 1. The summed E-state index contributed by atoms with van der Waals surface area (Å²) in [6, 6.07) is 3.79. The first-order chi connectivity index (χ1) is 10.0. The van der Waals surface area contributed by atoms with Crippen LogP contribution >= 0.6 is 0 Å². The Bertz CT molecular complexity index is 507. The molecule has 21 heavy (non-hydrogen) atoms. The maximum absolute atomic E-state index is 11.9. The molecule has 0 saturated carbocycles. The number of hydrogen-bond donors (Lipinski definition) is 2. The first-order valence-corrected chi connectivity index (χ1v) is 8.07. The quantitative estimate of drug-likeness (QED) is 0.841. The van der Waals surface area contributed by atoms with Crippen LogP contribution in [0.3, 0.4) is 0 Å². The van der Waals surface area contributed by atoms with Crippen LogP contribution in [-0.2, 0) is 12.8 Å². The molecule has 0 fully saturated rings. The van der Waals surface area contributed by atoms with Crippen LogP contribution in [0.1, 0.15) is 67.4 Å². The summed E-state index contributed by atoms with van der Waals surface area (Å²) in [5.74, 6) is 0.559. The fourth-order valence-electron chi connectivity index (χ4n) is 3.35. The number of aryl methyl sites for hydroxylation is 1. The standard InChI is InChI=1S/C18H26O3/c1-3-5-15(19)9-12(2)8-13-10-14-6-4-7-16(20)18(14)17(21)11-13/h10-12,15,19,21H,3-9H2,1-2H3. The van der Waals surface area contributed by atoms with E-state index in [1.54, 1.807) is 6.07 Å². The van der Waals surface area contributed by atoms with E-state index >= 15 is 0 Å². The number of benzene rings is 1. The molecule has 2 unspecified atom stereocenters. The van der Waals surface area contributed by atoms with Crippen molar-refractivity contribution in [2.24, 2.45) is 5.92 Å². The minimum absolute atomic E-state index is 0.0618. The summed E-state index contributed by atoms with van der Waals surface area (Å²) >= 11 is 0. The summed E-state index contributed by atoms with van der Waals surface area (Å²) < 4.78 is 0. The van der Waals surface area contributed by atoms with Gasteiger partial charge in [-0.1, -0.05) is 26.3 Å². The molecule has 1 aliphatic carbocycles. The Morgan fingerprint density at radius 3 is 2.76 bits per heavy atom. The Labute approximate surface area is 127 Å². The van der Waals surface area contributed by atoms with E-state index in [1.807, 2.05) is 0 Å². The van der Waals surface area contributed by atoms with Gasteiger partial charge in [0, 0.05) is 6.42 Å².